The second-order valence-electron chi connectivity index (χ2n) is 5.49. The molecule has 0 saturated carbocycles. The highest BCUT2D eigenvalue weighted by atomic mass is 35.5. The van der Waals surface area contributed by atoms with E-state index in [9.17, 15) is 4.79 Å². The van der Waals surface area contributed by atoms with Crippen molar-refractivity contribution in [3.05, 3.63) is 35.2 Å². The Morgan fingerprint density at radius 2 is 2.05 bits per heavy atom. The van der Waals surface area contributed by atoms with Gasteiger partial charge in [-0.2, -0.15) is 0 Å². The van der Waals surface area contributed by atoms with E-state index in [1.54, 1.807) is 0 Å². The summed E-state index contributed by atoms with van der Waals surface area (Å²) in [5.41, 5.74) is 1.91. The predicted octanol–water partition coefficient (Wildman–Crippen LogP) is 2.26. The number of hydrogen-bond donors (Lipinski definition) is 0. The van der Waals surface area contributed by atoms with Gasteiger partial charge < -0.3 is 9.30 Å². The number of fused-ring (bicyclic) bond motifs is 1. The van der Waals surface area contributed by atoms with Crippen LogP contribution in [0.5, 0.6) is 0 Å². The highest BCUT2D eigenvalue weighted by molar-refractivity contribution is 6.30. The fraction of sp³-hybridized carbons (Fsp3) is 0.467. The summed E-state index contributed by atoms with van der Waals surface area (Å²) in [4.78, 5) is 20.5. The number of carbonyl (C=O) groups is 1. The molecular weight excluding hydrogens is 323 g/mol. The SMILES string of the molecule is O=C(CCl)N1CCCN(Cc2cn3cc(Cl)ccc3n2)CC1. The molecule has 3 rings (SSSR count). The first kappa shape index (κ1) is 15.6. The van der Waals surface area contributed by atoms with Crippen molar-refractivity contribution in [2.24, 2.45) is 0 Å². The van der Waals surface area contributed by atoms with Crippen LogP contribution in [0, 0.1) is 0 Å². The summed E-state index contributed by atoms with van der Waals surface area (Å²) in [5, 5.41) is 0.696. The number of amides is 1. The Morgan fingerprint density at radius 1 is 1.18 bits per heavy atom. The molecule has 0 spiro atoms. The second-order valence-corrected chi connectivity index (χ2v) is 6.19. The van der Waals surface area contributed by atoms with E-state index in [1.165, 1.54) is 0 Å². The van der Waals surface area contributed by atoms with Crippen molar-refractivity contribution in [1.82, 2.24) is 19.2 Å². The maximum Gasteiger partial charge on any atom is 0.237 e. The summed E-state index contributed by atoms with van der Waals surface area (Å²) in [6.07, 6.45) is 4.83. The first-order chi connectivity index (χ1) is 10.7. The molecule has 1 amide bonds. The first-order valence-electron chi connectivity index (χ1n) is 7.35. The van der Waals surface area contributed by atoms with E-state index in [2.05, 4.69) is 9.88 Å². The zero-order valence-electron chi connectivity index (χ0n) is 12.2. The number of hydrogen-bond acceptors (Lipinski definition) is 3. The van der Waals surface area contributed by atoms with Crippen LogP contribution in [-0.2, 0) is 11.3 Å². The number of carbonyl (C=O) groups excluding carboxylic acids is 1. The largest absolute Gasteiger partial charge is 0.340 e. The molecule has 2 aromatic heterocycles. The maximum atomic E-state index is 11.7. The number of nitrogens with zero attached hydrogens (tertiary/aromatic N) is 4. The molecule has 1 aliphatic rings. The Kier molecular flexibility index (Phi) is 4.86. The molecule has 0 aliphatic carbocycles. The Hall–Kier alpha value is -1.30. The summed E-state index contributed by atoms with van der Waals surface area (Å²) in [6.45, 7) is 4.09. The van der Waals surface area contributed by atoms with E-state index in [0.717, 1.165) is 50.5 Å². The first-order valence-corrected chi connectivity index (χ1v) is 8.26. The van der Waals surface area contributed by atoms with E-state index in [1.807, 2.05) is 33.8 Å². The van der Waals surface area contributed by atoms with E-state index < -0.39 is 0 Å². The molecule has 1 fully saturated rings. The van der Waals surface area contributed by atoms with Crippen molar-refractivity contribution < 1.29 is 4.79 Å². The van der Waals surface area contributed by atoms with Gasteiger partial charge in [-0.05, 0) is 18.6 Å². The molecule has 0 unspecified atom stereocenters. The van der Waals surface area contributed by atoms with Crippen molar-refractivity contribution in [2.45, 2.75) is 13.0 Å². The van der Waals surface area contributed by atoms with Crippen LogP contribution in [-0.4, -0.2) is 57.2 Å². The van der Waals surface area contributed by atoms with Crippen molar-refractivity contribution in [3.63, 3.8) is 0 Å². The zero-order valence-corrected chi connectivity index (χ0v) is 13.7. The summed E-state index contributed by atoms with van der Waals surface area (Å²) in [7, 11) is 0. The Balaban J connectivity index is 1.65. The van der Waals surface area contributed by atoms with Gasteiger partial charge in [0.05, 0.1) is 10.7 Å². The van der Waals surface area contributed by atoms with Gasteiger partial charge in [0.2, 0.25) is 5.91 Å². The minimum atomic E-state index is 0.0193. The molecule has 2 aromatic rings. The summed E-state index contributed by atoms with van der Waals surface area (Å²) < 4.78 is 1.94. The van der Waals surface area contributed by atoms with Crippen LogP contribution in [0.1, 0.15) is 12.1 Å². The van der Waals surface area contributed by atoms with Crippen LogP contribution in [0.4, 0.5) is 0 Å². The number of aromatic nitrogens is 2. The fourth-order valence-corrected chi connectivity index (χ4v) is 3.12. The highest BCUT2D eigenvalue weighted by Crippen LogP contribution is 2.14. The minimum absolute atomic E-state index is 0.0193. The lowest BCUT2D eigenvalue weighted by molar-refractivity contribution is -0.128. The molecular formula is C15H18Cl2N4O. The monoisotopic (exact) mass is 340 g/mol. The lowest BCUT2D eigenvalue weighted by Crippen LogP contribution is -2.35. The summed E-state index contributed by atoms with van der Waals surface area (Å²) in [5.74, 6) is 0.0820. The van der Waals surface area contributed by atoms with Gasteiger partial charge in [0, 0.05) is 45.1 Å². The fourth-order valence-electron chi connectivity index (χ4n) is 2.79. The smallest absolute Gasteiger partial charge is 0.237 e. The molecule has 0 bridgehead atoms. The number of alkyl halides is 1. The lowest BCUT2D eigenvalue weighted by Gasteiger charge is -2.20. The van der Waals surface area contributed by atoms with Gasteiger partial charge in [-0.15, -0.1) is 11.6 Å². The van der Waals surface area contributed by atoms with Gasteiger partial charge >= 0.3 is 0 Å². The van der Waals surface area contributed by atoms with Crippen molar-refractivity contribution in [3.8, 4) is 0 Å². The van der Waals surface area contributed by atoms with Gasteiger partial charge in [-0.1, -0.05) is 11.6 Å². The molecule has 0 atom stereocenters. The molecule has 118 valence electrons. The van der Waals surface area contributed by atoms with Crippen LogP contribution in [0.2, 0.25) is 5.02 Å². The van der Waals surface area contributed by atoms with E-state index in [-0.39, 0.29) is 11.8 Å². The third kappa shape index (κ3) is 3.54. The van der Waals surface area contributed by atoms with Crippen molar-refractivity contribution in [2.75, 3.05) is 32.1 Å². The standard InChI is InChI=1S/C15H18Cl2N4O/c16-8-15(22)20-5-1-4-19(6-7-20)10-13-11-21-9-12(17)2-3-14(21)18-13/h2-3,9,11H,1,4-8,10H2. The third-order valence-electron chi connectivity index (χ3n) is 3.91. The number of pyridine rings is 1. The minimum Gasteiger partial charge on any atom is -0.340 e. The summed E-state index contributed by atoms with van der Waals surface area (Å²) >= 11 is 11.6. The molecule has 0 N–H and O–H groups in total. The van der Waals surface area contributed by atoms with Crippen molar-refractivity contribution >= 4 is 34.8 Å². The van der Waals surface area contributed by atoms with Crippen molar-refractivity contribution in [1.29, 1.82) is 0 Å². The number of imidazole rings is 1. The number of halogens is 2. The van der Waals surface area contributed by atoms with Gasteiger partial charge in [0.1, 0.15) is 11.5 Å². The van der Waals surface area contributed by atoms with Crippen LogP contribution in [0.25, 0.3) is 5.65 Å². The van der Waals surface area contributed by atoms with E-state index >= 15 is 0 Å². The Bertz CT molecular complexity index is 673. The van der Waals surface area contributed by atoms with Gasteiger partial charge in [-0.25, -0.2) is 4.98 Å². The molecule has 0 radical (unpaired) electrons. The molecule has 3 heterocycles. The van der Waals surface area contributed by atoms with Gasteiger partial charge in [-0.3, -0.25) is 9.69 Å². The van der Waals surface area contributed by atoms with Crippen LogP contribution < -0.4 is 0 Å². The van der Waals surface area contributed by atoms with E-state index in [4.69, 9.17) is 23.2 Å². The zero-order chi connectivity index (χ0) is 15.5. The number of rotatable bonds is 3. The quantitative estimate of drug-likeness (QED) is 0.804. The Morgan fingerprint density at radius 3 is 2.86 bits per heavy atom. The maximum absolute atomic E-state index is 11.7. The molecule has 5 nitrogen and oxygen atoms in total. The predicted molar refractivity (Wildman–Crippen MR) is 87.4 cm³/mol. The Labute approximate surface area is 139 Å². The van der Waals surface area contributed by atoms with Gasteiger partial charge in [0.25, 0.3) is 0 Å². The third-order valence-corrected chi connectivity index (χ3v) is 4.36. The lowest BCUT2D eigenvalue weighted by atomic mass is 10.3. The topological polar surface area (TPSA) is 40.9 Å². The normalized spacial score (nSPS) is 16.9. The molecule has 7 heteroatoms. The summed E-state index contributed by atoms with van der Waals surface area (Å²) in [6, 6.07) is 3.75. The molecule has 1 saturated heterocycles. The highest BCUT2D eigenvalue weighted by Gasteiger charge is 2.19. The van der Waals surface area contributed by atoms with Gasteiger partial charge in [0.15, 0.2) is 0 Å². The van der Waals surface area contributed by atoms with Crippen LogP contribution in [0.15, 0.2) is 24.5 Å². The molecule has 22 heavy (non-hydrogen) atoms. The van der Waals surface area contributed by atoms with Crippen LogP contribution >= 0.6 is 23.2 Å². The molecule has 0 aromatic carbocycles. The second kappa shape index (κ2) is 6.86. The average Bonchev–Trinajstić information content (AvgIpc) is 2.75. The van der Waals surface area contributed by atoms with Crippen LogP contribution in [0.3, 0.4) is 0 Å². The average molecular weight is 341 g/mol. The van der Waals surface area contributed by atoms with E-state index in [0.29, 0.717) is 5.02 Å². The molecule has 1 aliphatic heterocycles.